The van der Waals surface area contributed by atoms with Crippen molar-refractivity contribution in [1.29, 1.82) is 0 Å². The second-order valence-electron chi connectivity index (χ2n) is 2.63. The average molecular weight is 170 g/mol. The molecule has 0 aliphatic rings. The Kier molecular flexibility index (Phi) is 2.70. The van der Waals surface area contributed by atoms with Gasteiger partial charge >= 0.3 is 0 Å². The van der Waals surface area contributed by atoms with Crippen molar-refractivity contribution in [2.45, 2.75) is 20.3 Å². The number of aromatic nitrogens is 2. The van der Waals surface area contributed by atoms with E-state index in [0.29, 0.717) is 6.42 Å². The molecule has 1 aromatic rings. The minimum Gasteiger partial charge on any atom is -0.299 e. The summed E-state index contributed by atoms with van der Waals surface area (Å²) in [5.74, 6) is 0.320. The summed E-state index contributed by atoms with van der Waals surface area (Å²) in [7, 11) is 0. The Labute approximate surface area is 69.5 Å². The first-order valence-electron chi connectivity index (χ1n) is 3.48. The van der Waals surface area contributed by atoms with Crippen molar-refractivity contribution in [1.82, 2.24) is 10.2 Å². The third-order valence-corrected chi connectivity index (χ3v) is 2.07. The Morgan fingerprint density at radius 2 is 2.45 bits per heavy atom. The van der Waals surface area contributed by atoms with Gasteiger partial charge in [0.25, 0.3) is 0 Å². The van der Waals surface area contributed by atoms with Gasteiger partial charge in [0.2, 0.25) is 0 Å². The van der Waals surface area contributed by atoms with Crippen LogP contribution in [0, 0.1) is 5.92 Å². The van der Waals surface area contributed by atoms with Crippen LogP contribution in [0.15, 0.2) is 5.51 Å². The van der Waals surface area contributed by atoms with Gasteiger partial charge in [0.05, 0.1) is 6.42 Å². The van der Waals surface area contributed by atoms with E-state index in [1.807, 2.05) is 13.8 Å². The molecule has 0 N–H and O–H groups in total. The molecule has 1 heterocycles. The fourth-order valence-electron chi connectivity index (χ4n) is 0.626. The molecule has 0 spiro atoms. The van der Waals surface area contributed by atoms with Crippen molar-refractivity contribution < 1.29 is 4.79 Å². The van der Waals surface area contributed by atoms with Gasteiger partial charge in [0, 0.05) is 5.92 Å². The number of hydrogen-bond acceptors (Lipinski definition) is 4. The summed E-state index contributed by atoms with van der Waals surface area (Å²) >= 11 is 1.43. The molecule has 4 heteroatoms. The molecule has 0 aromatic carbocycles. The van der Waals surface area contributed by atoms with E-state index < -0.39 is 0 Å². The molecule has 0 amide bonds. The molecule has 0 aliphatic heterocycles. The molecule has 0 unspecified atom stereocenters. The number of rotatable bonds is 3. The lowest BCUT2D eigenvalue weighted by Crippen LogP contribution is -2.09. The summed E-state index contributed by atoms with van der Waals surface area (Å²) in [6, 6.07) is 0. The smallest absolute Gasteiger partial charge is 0.142 e. The van der Waals surface area contributed by atoms with E-state index in [9.17, 15) is 4.79 Å². The maximum absolute atomic E-state index is 11.1. The first kappa shape index (κ1) is 8.33. The Morgan fingerprint density at radius 1 is 1.73 bits per heavy atom. The quantitative estimate of drug-likeness (QED) is 0.686. The van der Waals surface area contributed by atoms with Crippen LogP contribution in [0.1, 0.15) is 18.9 Å². The van der Waals surface area contributed by atoms with Crippen molar-refractivity contribution in [3.05, 3.63) is 10.5 Å². The molecule has 0 fully saturated rings. The van der Waals surface area contributed by atoms with Crippen molar-refractivity contribution >= 4 is 17.1 Å². The van der Waals surface area contributed by atoms with Gasteiger partial charge in [-0.15, -0.1) is 21.5 Å². The summed E-state index contributed by atoms with van der Waals surface area (Å²) in [6.07, 6.45) is 0.433. The van der Waals surface area contributed by atoms with Crippen LogP contribution >= 0.6 is 11.3 Å². The lowest BCUT2D eigenvalue weighted by atomic mass is 10.1. The summed E-state index contributed by atoms with van der Waals surface area (Å²) in [4.78, 5) is 11.1. The highest BCUT2D eigenvalue weighted by Crippen LogP contribution is 2.06. The van der Waals surface area contributed by atoms with Gasteiger partial charge in [-0.05, 0) is 0 Å². The van der Waals surface area contributed by atoms with Crippen molar-refractivity contribution in [2.24, 2.45) is 5.92 Å². The highest BCUT2D eigenvalue weighted by atomic mass is 32.1. The molecule has 1 rings (SSSR count). The summed E-state index contributed by atoms with van der Waals surface area (Å²) < 4.78 is 0. The first-order valence-corrected chi connectivity index (χ1v) is 4.36. The second-order valence-corrected chi connectivity index (χ2v) is 3.55. The Balaban J connectivity index is 2.50. The standard InChI is InChI=1S/C7H10N2OS/c1-5(2)6(10)3-7-9-8-4-11-7/h4-5H,3H2,1-2H3. The first-order chi connectivity index (χ1) is 5.20. The van der Waals surface area contributed by atoms with Crippen molar-refractivity contribution in [3.63, 3.8) is 0 Å². The highest BCUT2D eigenvalue weighted by molar-refractivity contribution is 7.09. The number of nitrogens with zero attached hydrogens (tertiary/aromatic N) is 2. The zero-order valence-corrected chi connectivity index (χ0v) is 7.39. The van der Waals surface area contributed by atoms with Crippen LogP contribution in [0.4, 0.5) is 0 Å². The molecular weight excluding hydrogens is 160 g/mol. The number of carbonyl (C=O) groups is 1. The molecule has 0 radical (unpaired) electrons. The average Bonchev–Trinajstić information content (AvgIpc) is 2.39. The topological polar surface area (TPSA) is 42.9 Å². The third kappa shape index (κ3) is 2.38. The highest BCUT2D eigenvalue weighted by Gasteiger charge is 2.09. The van der Waals surface area contributed by atoms with Crippen LogP contribution in [0.25, 0.3) is 0 Å². The number of ketones is 1. The van der Waals surface area contributed by atoms with Crippen molar-refractivity contribution in [3.8, 4) is 0 Å². The van der Waals surface area contributed by atoms with E-state index in [-0.39, 0.29) is 11.7 Å². The molecule has 11 heavy (non-hydrogen) atoms. The monoisotopic (exact) mass is 170 g/mol. The number of carbonyl (C=O) groups excluding carboxylic acids is 1. The fourth-order valence-corrected chi connectivity index (χ4v) is 1.16. The van der Waals surface area contributed by atoms with Crippen LogP contribution < -0.4 is 0 Å². The largest absolute Gasteiger partial charge is 0.299 e. The molecule has 0 saturated carbocycles. The maximum Gasteiger partial charge on any atom is 0.142 e. The summed E-state index contributed by atoms with van der Waals surface area (Å²) in [6.45, 7) is 3.78. The molecule has 3 nitrogen and oxygen atoms in total. The summed E-state index contributed by atoms with van der Waals surface area (Å²) in [5.41, 5.74) is 1.64. The van der Waals surface area contributed by atoms with Crippen molar-refractivity contribution in [2.75, 3.05) is 0 Å². The third-order valence-electron chi connectivity index (χ3n) is 1.37. The van der Waals surface area contributed by atoms with Crippen LogP contribution in [0.3, 0.4) is 0 Å². The normalized spacial score (nSPS) is 10.5. The molecular formula is C7H10N2OS. The van der Waals surface area contributed by atoms with E-state index in [2.05, 4.69) is 10.2 Å². The number of Topliss-reactive ketones (excluding diaryl/α,β-unsaturated/α-hetero) is 1. The fraction of sp³-hybridized carbons (Fsp3) is 0.571. The van der Waals surface area contributed by atoms with Gasteiger partial charge < -0.3 is 0 Å². The predicted octanol–water partition coefficient (Wildman–Crippen LogP) is 1.31. The predicted molar refractivity (Wildman–Crippen MR) is 43.5 cm³/mol. The molecule has 0 atom stereocenters. The van der Waals surface area contributed by atoms with Crippen LogP contribution in [-0.2, 0) is 11.2 Å². The van der Waals surface area contributed by atoms with E-state index in [1.54, 1.807) is 5.51 Å². The van der Waals surface area contributed by atoms with Crippen LogP contribution in [-0.4, -0.2) is 16.0 Å². The Morgan fingerprint density at radius 3 is 2.91 bits per heavy atom. The summed E-state index contributed by atoms with van der Waals surface area (Å²) in [5, 5.41) is 8.25. The Hall–Kier alpha value is -0.770. The molecule has 1 aromatic heterocycles. The van der Waals surface area contributed by atoms with Gasteiger partial charge in [0.1, 0.15) is 16.3 Å². The molecule has 60 valence electrons. The second kappa shape index (κ2) is 3.57. The maximum atomic E-state index is 11.1. The number of hydrogen-bond donors (Lipinski definition) is 0. The molecule has 0 saturated heterocycles. The minimum absolute atomic E-state index is 0.0962. The van der Waals surface area contributed by atoms with E-state index in [1.165, 1.54) is 11.3 Å². The minimum atomic E-state index is 0.0962. The SMILES string of the molecule is CC(C)C(=O)Cc1nncs1. The van der Waals surface area contributed by atoms with E-state index in [0.717, 1.165) is 5.01 Å². The van der Waals surface area contributed by atoms with E-state index in [4.69, 9.17) is 0 Å². The van der Waals surface area contributed by atoms with Gasteiger partial charge in [-0.1, -0.05) is 13.8 Å². The van der Waals surface area contributed by atoms with E-state index >= 15 is 0 Å². The van der Waals surface area contributed by atoms with Gasteiger partial charge in [-0.3, -0.25) is 4.79 Å². The Bertz CT molecular complexity index is 231. The zero-order valence-electron chi connectivity index (χ0n) is 6.57. The zero-order chi connectivity index (χ0) is 8.27. The lowest BCUT2D eigenvalue weighted by molar-refractivity contribution is -0.121. The molecule has 0 bridgehead atoms. The van der Waals surface area contributed by atoms with Gasteiger partial charge in [-0.25, -0.2) is 0 Å². The van der Waals surface area contributed by atoms with Crippen LogP contribution in [0.5, 0.6) is 0 Å². The van der Waals surface area contributed by atoms with Gasteiger partial charge in [-0.2, -0.15) is 0 Å². The van der Waals surface area contributed by atoms with Gasteiger partial charge in [0.15, 0.2) is 0 Å². The lowest BCUT2D eigenvalue weighted by Gasteiger charge is -1.98. The molecule has 0 aliphatic carbocycles. The van der Waals surface area contributed by atoms with Crippen LogP contribution in [0.2, 0.25) is 0 Å².